The minimum Gasteiger partial charge on any atom is -0.303 e. The van der Waals surface area contributed by atoms with Gasteiger partial charge in [-0.2, -0.15) is 15.8 Å². The maximum absolute atomic E-state index is 15.0. The third kappa shape index (κ3) is 17.8. The summed E-state index contributed by atoms with van der Waals surface area (Å²) in [6.45, 7) is 37.9. The van der Waals surface area contributed by atoms with Crippen LogP contribution in [0.5, 0.6) is 0 Å². The molecule has 5 amide bonds. The number of benzene rings is 5. The summed E-state index contributed by atoms with van der Waals surface area (Å²) < 4.78 is 191. The van der Waals surface area contributed by atoms with Crippen molar-refractivity contribution in [3.05, 3.63) is 129 Å². The molecule has 5 aromatic carbocycles. The molecule has 5 heterocycles. The van der Waals surface area contributed by atoms with Crippen LogP contribution in [0.15, 0.2) is 48.5 Å². The minimum absolute atomic E-state index is 0.0188. The number of carbonyl (C=O) groups excluding carboxylic acids is 5. The molecule has 5 aromatic heterocycles. The standard InChI is InChI=1S/C21H25FN4O.2C20H20F4N4O.2C20H22F2N4O/c1-20(2,14-5-6-14)11-17(27)25-19-24-16-10-15(22)9-13(12-23)18(16)26(19)21(3)7-4-8-21;2*1-18(4-3-5-18)28-16-11(10-25)6-13(21)8-14(16)26-17(28)27-15(29)7-12-9-20(23,24)19(12,2)22;2*1-11(19(2)8-9-19)17(27)25-18-24-15-12(21)10-13(23-4)14(22)16(15)26(18)20(3)6-5-7-20/h9-10,14H,4-8,11H2,1-3H3,(H,24,25,27);2*6,8,12H,3-5,7,9H2,1-2H3,(H,26,27,29);2*10-11H,5-9H2,1-3H3,(H,24,25,27). The molecular weight excluding hydrogens is 1820 g/mol. The highest BCUT2D eigenvalue weighted by atomic mass is 19.3. The van der Waals surface area contributed by atoms with E-state index in [1.165, 1.54) is 37.1 Å². The zero-order valence-electron chi connectivity index (χ0n) is 79.6. The zero-order chi connectivity index (χ0) is 101. The van der Waals surface area contributed by atoms with Gasteiger partial charge in [0.05, 0.1) is 74.0 Å². The van der Waals surface area contributed by atoms with Gasteiger partial charge in [0.2, 0.25) is 70.7 Å². The highest BCUT2D eigenvalue weighted by molar-refractivity contribution is 5.99. The molecule has 6 atom stereocenters. The molecule has 10 aliphatic rings. The van der Waals surface area contributed by atoms with Gasteiger partial charge >= 0.3 is 0 Å². The Bertz CT molecular complexity index is 6620. The maximum Gasteiger partial charge on any atom is 0.281 e. The van der Waals surface area contributed by atoms with Gasteiger partial charge < -0.3 is 22.8 Å². The minimum atomic E-state index is -3.44. The first-order valence-electron chi connectivity index (χ1n) is 47.2. The van der Waals surface area contributed by atoms with Gasteiger partial charge in [-0.05, 0) is 236 Å². The Balaban J connectivity index is 0.000000125. The Morgan fingerprint density at radius 2 is 0.691 bits per heavy atom. The van der Waals surface area contributed by atoms with Gasteiger partial charge in [-0.25, -0.2) is 91.7 Å². The summed E-state index contributed by atoms with van der Waals surface area (Å²) in [5, 5.41) is 42.1. The lowest BCUT2D eigenvalue weighted by Gasteiger charge is -2.47. The smallest absolute Gasteiger partial charge is 0.281 e. The molecule has 139 heavy (non-hydrogen) atoms. The first-order valence-corrected chi connectivity index (χ1v) is 47.2. The number of alkyl halides is 6. The van der Waals surface area contributed by atoms with Crippen LogP contribution in [-0.4, -0.2) is 100 Å². The van der Waals surface area contributed by atoms with Crippen LogP contribution < -0.4 is 26.6 Å². The molecule has 0 bridgehead atoms. The highest BCUT2D eigenvalue weighted by Crippen LogP contribution is 2.60. The fourth-order valence-corrected chi connectivity index (χ4v) is 20.9. The van der Waals surface area contributed by atoms with E-state index in [-0.39, 0.29) is 136 Å². The van der Waals surface area contributed by atoms with E-state index < -0.39 is 135 Å². The zero-order valence-corrected chi connectivity index (χ0v) is 79.6. The molecule has 6 unspecified atom stereocenters. The van der Waals surface area contributed by atoms with Crippen molar-refractivity contribution in [3.8, 4) is 18.2 Å². The van der Waals surface area contributed by atoms with Crippen LogP contribution in [0.25, 0.3) is 64.9 Å². The normalized spacial score (nSPS) is 22.9. The monoisotopic (exact) mass is 1930 g/mol. The van der Waals surface area contributed by atoms with E-state index >= 15 is 0 Å². The number of nitriles is 3. The molecule has 10 saturated carbocycles. The van der Waals surface area contributed by atoms with Crippen LogP contribution in [0.4, 0.5) is 98.2 Å². The van der Waals surface area contributed by atoms with Crippen LogP contribution in [-0.2, 0) is 51.7 Å². The third-order valence-corrected chi connectivity index (χ3v) is 32.5. The molecule has 0 spiro atoms. The molecule has 10 fully saturated rings. The number of imidazole rings is 5. The second-order valence-corrected chi connectivity index (χ2v) is 43.0. The van der Waals surface area contributed by atoms with E-state index in [1.54, 1.807) is 18.3 Å². The van der Waals surface area contributed by atoms with Crippen LogP contribution in [0, 0.1) is 134 Å². The Morgan fingerprint density at radius 3 is 0.928 bits per heavy atom. The number of halogens is 13. The number of amides is 5. The van der Waals surface area contributed by atoms with Crippen molar-refractivity contribution in [2.75, 3.05) is 26.6 Å². The molecule has 38 heteroatoms. The van der Waals surface area contributed by atoms with Crippen molar-refractivity contribution >= 4 is 126 Å². The molecule has 25 nitrogen and oxygen atoms in total. The fourth-order valence-electron chi connectivity index (χ4n) is 20.9. The van der Waals surface area contributed by atoms with Gasteiger partial charge in [-0.15, -0.1) is 0 Å². The van der Waals surface area contributed by atoms with Gasteiger partial charge in [0.15, 0.2) is 23.0 Å². The summed E-state index contributed by atoms with van der Waals surface area (Å²) in [5.41, 5.74) is -5.90. The maximum atomic E-state index is 15.0. The number of nitrogens with zero attached hydrogens (tertiary/aromatic N) is 15. The van der Waals surface area contributed by atoms with Crippen molar-refractivity contribution in [2.24, 2.45) is 45.8 Å². The van der Waals surface area contributed by atoms with Crippen molar-refractivity contribution < 1.29 is 81.0 Å². The van der Waals surface area contributed by atoms with Gasteiger partial charge in [-0.3, -0.25) is 50.6 Å². The third-order valence-electron chi connectivity index (χ3n) is 32.5. The molecular formula is C101H109F13N20O5. The number of hydrogen-bond donors (Lipinski definition) is 5. The van der Waals surface area contributed by atoms with Crippen LogP contribution in [0.3, 0.4) is 0 Å². The van der Waals surface area contributed by atoms with E-state index in [9.17, 15) is 96.8 Å². The molecule has 10 aromatic rings. The summed E-state index contributed by atoms with van der Waals surface area (Å²) in [6.07, 6.45) is 17.6. The first-order chi connectivity index (χ1) is 65.1. The van der Waals surface area contributed by atoms with Crippen LogP contribution >= 0.6 is 0 Å². The second kappa shape index (κ2) is 35.3. The summed E-state index contributed by atoms with van der Waals surface area (Å²) in [6, 6.07) is 14.9. The van der Waals surface area contributed by atoms with Crippen molar-refractivity contribution in [3.63, 3.8) is 0 Å². The number of aromatic nitrogens is 10. The number of hydrogen-bond acceptors (Lipinski definition) is 13. The predicted molar refractivity (Wildman–Crippen MR) is 494 cm³/mol. The van der Waals surface area contributed by atoms with Crippen LogP contribution in [0.2, 0.25) is 0 Å². The predicted octanol–water partition coefficient (Wildman–Crippen LogP) is 24.3. The van der Waals surface area contributed by atoms with E-state index in [2.05, 4.69) is 102 Å². The van der Waals surface area contributed by atoms with E-state index in [0.717, 1.165) is 160 Å². The number of anilines is 5. The summed E-state index contributed by atoms with van der Waals surface area (Å²) >= 11 is 0. The number of fused-ring (bicyclic) bond motifs is 5. The lowest BCUT2D eigenvalue weighted by Crippen LogP contribution is -2.60. The van der Waals surface area contributed by atoms with Crippen molar-refractivity contribution in [2.45, 2.75) is 308 Å². The largest absolute Gasteiger partial charge is 0.303 e. The summed E-state index contributed by atoms with van der Waals surface area (Å²) in [7, 11) is 0. The quantitative estimate of drug-likeness (QED) is 0.0330. The van der Waals surface area contributed by atoms with E-state index in [4.69, 9.17) is 13.1 Å². The number of nitrogens with one attached hydrogen (secondary N) is 5. The van der Waals surface area contributed by atoms with Crippen LogP contribution in [0.1, 0.15) is 274 Å². The van der Waals surface area contributed by atoms with Gasteiger partial charge in [0, 0.05) is 102 Å². The van der Waals surface area contributed by atoms with E-state index in [1.807, 2.05) is 58.2 Å². The number of carbonyl (C=O) groups is 5. The first kappa shape index (κ1) is 99.4. The molecule has 734 valence electrons. The van der Waals surface area contributed by atoms with Crippen molar-refractivity contribution in [1.82, 2.24) is 47.8 Å². The molecule has 5 N–H and O–H groups in total. The number of rotatable bonds is 21. The molecule has 20 rings (SSSR count). The van der Waals surface area contributed by atoms with Gasteiger partial charge in [0.1, 0.15) is 58.3 Å². The van der Waals surface area contributed by atoms with Crippen molar-refractivity contribution in [1.29, 1.82) is 15.8 Å². The average Bonchev–Trinajstić information content (AvgIpc) is 0.906. The van der Waals surface area contributed by atoms with E-state index in [0.29, 0.717) is 40.4 Å². The highest BCUT2D eigenvalue weighted by Gasteiger charge is 2.68. The lowest BCUT2D eigenvalue weighted by molar-refractivity contribution is -0.242. The summed E-state index contributed by atoms with van der Waals surface area (Å²) in [4.78, 5) is 90.9. The Hall–Kier alpha value is -12.7. The molecule has 0 radical (unpaired) electrons. The SMILES string of the molecule is CC(C)(CC(=O)Nc1nc2cc(F)cc(C#N)c2n1C1(C)CCC1)C1CC1.CC1(n2c(NC(=O)CC3CC(F)(F)C3(C)F)nc3cc(F)cc(C#N)c32)CCC1.CC1(n2c(NC(=O)CC3CC(F)(F)C3(C)F)nc3cc(F)cc(C#N)c32)CCC1.[C-]#[N+]c1cc(F)c2nc(NC(=O)C(C)C3(C)CC3)n(C3(C)CCC3)c2c1F.[C-]#[N+]c1cc(F)c2nc(NC(=O)C(C)C3(C)CC3)n(C3(C)CCC3)c2c1F. The Kier molecular flexibility index (Phi) is 25.2. The Morgan fingerprint density at radius 1 is 0.417 bits per heavy atom. The summed E-state index contributed by atoms with van der Waals surface area (Å²) in [5.74, 6) is -14.5. The van der Waals surface area contributed by atoms with Gasteiger partial charge in [0.25, 0.3) is 11.8 Å². The Labute approximate surface area is 793 Å². The average molecular weight is 1930 g/mol. The lowest BCUT2D eigenvalue weighted by atomic mass is 9.67. The topological polar surface area (TPSA) is 315 Å². The second-order valence-electron chi connectivity index (χ2n) is 43.0. The van der Waals surface area contributed by atoms with Gasteiger partial charge in [-0.1, -0.05) is 41.5 Å². The molecule has 0 saturated heterocycles. The fraction of sp³-hybridized carbons (Fsp3) is 0.554. The molecule has 10 aliphatic carbocycles. The molecule has 0 aliphatic heterocycles.